The van der Waals surface area contributed by atoms with Crippen LogP contribution in [0.5, 0.6) is 0 Å². The Morgan fingerprint density at radius 1 is 1.24 bits per heavy atom. The maximum atomic E-state index is 12.5. The molecule has 1 heterocycles. The van der Waals surface area contributed by atoms with E-state index in [1.165, 1.54) is 11.8 Å². The smallest absolute Gasteiger partial charge is 0.251 e. The summed E-state index contributed by atoms with van der Waals surface area (Å²) in [6, 6.07) is 14.1. The van der Waals surface area contributed by atoms with Gasteiger partial charge in [-0.05, 0) is 49.1 Å². The third kappa shape index (κ3) is 3.42. The quantitative estimate of drug-likeness (QED) is 0.916. The minimum atomic E-state index is -0.0517. The van der Waals surface area contributed by atoms with Crippen molar-refractivity contribution < 1.29 is 9.59 Å². The first-order valence-electron chi connectivity index (χ1n) is 8.54. The highest BCUT2D eigenvalue weighted by Gasteiger charge is 2.28. The van der Waals surface area contributed by atoms with E-state index in [0.717, 1.165) is 34.6 Å². The van der Waals surface area contributed by atoms with Crippen LogP contribution in [0.15, 0.2) is 47.4 Å². The van der Waals surface area contributed by atoms with E-state index in [-0.39, 0.29) is 11.8 Å². The molecule has 0 spiro atoms. The van der Waals surface area contributed by atoms with Gasteiger partial charge in [0.25, 0.3) is 5.91 Å². The van der Waals surface area contributed by atoms with E-state index >= 15 is 0 Å². The van der Waals surface area contributed by atoms with Crippen molar-refractivity contribution in [2.45, 2.75) is 37.2 Å². The number of benzene rings is 2. The molecular weight excluding hydrogens is 332 g/mol. The van der Waals surface area contributed by atoms with Gasteiger partial charge < -0.3 is 10.2 Å². The largest absolute Gasteiger partial charge is 0.349 e. The third-order valence-electron chi connectivity index (χ3n) is 4.67. The van der Waals surface area contributed by atoms with Crippen LogP contribution >= 0.6 is 11.8 Å². The normalized spacial score (nSPS) is 16.5. The Morgan fingerprint density at radius 2 is 2.04 bits per heavy atom. The summed E-state index contributed by atoms with van der Waals surface area (Å²) in [7, 11) is 0. The summed E-state index contributed by atoms with van der Waals surface area (Å²) >= 11 is 1.54. The predicted octanol–water partition coefficient (Wildman–Crippen LogP) is 3.53. The molecule has 0 atom stereocenters. The van der Waals surface area contributed by atoms with Crippen LogP contribution in [0.1, 0.15) is 34.3 Å². The number of thioether (sulfide) groups is 1. The SMILES string of the molecule is Cc1ccccc1CN1C(=O)CSc2ccc(C(=O)NC3CC3)cc21. The molecule has 0 radical (unpaired) electrons. The monoisotopic (exact) mass is 352 g/mol. The summed E-state index contributed by atoms with van der Waals surface area (Å²) in [5.41, 5.74) is 3.75. The van der Waals surface area contributed by atoms with Gasteiger partial charge >= 0.3 is 0 Å². The number of nitrogens with zero attached hydrogens (tertiary/aromatic N) is 1. The van der Waals surface area contributed by atoms with Crippen molar-refractivity contribution in [1.29, 1.82) is 0 Å². The summed E-state index contributed by atoms with van der Waals surface area (Å²) in [6.45, 7) is 2.59. The summed E-state index contributed by atoms with van der Waals surface area (Å²) in [4.78, 5) is 27.8. The van der Waals surface area contributed by atoms with Crippen molar-refractivity contribution >= 4 is 29.3 Å². The maximum absolute atomic E-state index is 12.5. The standard InChI is InChI=1S/C20H20N2O2S/c1-13-4-2-3-5-15(13)11-22-17-10-14(20(24)21-16-7-8-16)6-9-18(17)25-12-19(22)23/h2-6,9-10,16H,7-8,11-12H2,1H3,(H,21,24). The molecule has 128 valence electrons. The van der Waals surface area contributed by atoms with Crippen LogP contribution in [0.25, 0.3) is 0 Å². The van der Waals surface area contributed by atoms with E-state index in [1.807, 2.05) is 41.3 Å². The number of rotatable bonds is 4. The first kappa shape index (κ1) is 16.2. The molecule has 0 bridgehead atoms. The minimum Gasteiger partial charge on any atom is -0.349 e. The second kappa shape index (κ2) is 6.56. The lowest BCUT2D eigenvalue weighted by molar-refractivity contribution is -0.116. The Balaban J connectivity index is 1.65. The Kier molecular flexibility index (Phi) is 4.25. The fraction of sp³-hybridized carbons (Fsp3) is 0.300. The summed E-state index contributed by atoms with van der Waals surface area (Å²) in [5, 5.41) is 3.01. The van der Waals surface area contributed by atoms with E-state index in [1.54, 1.807) is 0 Å². The van der Waals surface area contributed by atoms with Gasteiger partial charge in [0, 0.05) is 16.5 Å². The fourth-order valence-electron chi connectivity index (χ4n) is 2.97. The topological polar surface area (TPSA) is 49.4 Å². The average molecular weight is 352 g/mol. The van der Waals surface area contributed by atoms with Crippen molar-refractivity contribution in [2.24, 2.45) is 0 Å². The van der Waals surface area contributed by atoms with Crippen LogP contribution in [0.4, 0.5) is 5.69 Å². The molecule has 4 nitrogen and oxygen atoms in total. The number of amides is 2. The average Bonchev–Trinajstić information content (AvgIpc) is 3.42. The van der Waals surface area contributed by atoms with Gasteiger partial charge in [-0.25, -0.2) is 0 Å². The van der Waals surface area contributed by atoms with Crippen LogP contribution in [-0.2, 0) is 11.3 Å². The third-order valence-corrected chi connectivity index (χ3v) is 5.71. The first-order chi connectivity index (χ1) is 12.1. The molecule has 1 aliphatic carbocycles. The zero-order chi connectivity index (χ0) is 17.4. The van der Waals surface area contributed by atoms with Gasteiger partial charge in [0.1, 0.15) is 0 Å². The fourth-order valence-corrected chi connectivity index (χ4v) is 3.89. The second-order valence-corrected chi connectivity index (χ2v) is 7.64. The molecule has 0 unspecified atom stereocenters. The molecule has 2 aromatic rings. The number of fused-ring (bicyclic) bond motifs is 1. The number of carbonyl (C=O) groups excluding carboxylic acids is 2. The molecule has 0 saturated heterocycles. The first-order valence-corrected chi connectivity index (χ1v) is 9.53. The van der Waals surface area contributed by atoms with Crippen molar-refractivity contribution in [3.8, 4) is 0 Å². The van der Waals surface area contributed by atoms with Gasteiger partial charge in [0.2, 0.25) is 5.91 Å². The molecule has 5 heteroatoms. The zero-order valence-electron chi connectivity index (χ0n) is 14.1. The van der Waals surface area contributed by atoms with Gasteiger partial charge in [-0.2, -0.15) is 0 Å². The summed E-state index contributed by atoms with van der Waals surface area (Å²) in [6.07, 6.45) is 2.12. The highest BCUT2D eigenvalue weighted by molar-refractivity contribution is 8.00. The van der Waals surface area contributed by atoms with Gasteiger partial charge in [0.15, 0.2) is 0 Å². The molecule has 25 heavy (non-hydrogen) atoms. The van der Waals surface area contributed by atoms with Crippen molar-refractivity contribution in [3.63, 3.8) is 0 Å². The number of aryl methyl sites for hydroxylation is 1. The number of hydrogen-bond acceptors (Lipinski definition) is 3. The van der Waals surface area contributed by atoms with Gasteiger partial charge in [-0.1, -0.05) is 24.3 Å². The van der Waals surface area contributed by atoms with Gasteiger partial charge in [-0.15, -0.1) is 11.8 Å². The lowest BCUT2D eigenvalue weighted by Crippen LogP contribution is -2.35. The summed E-state index contributed by atoms with van der Waals surface area (Å²) in [5.74, 6) is 0.469. The highest BCUT2D eigenvalue weighted by atomic mass is 32.2. The molecule has 4 rings (SSSR count). The minimum absolute atomic E-state index is 0.0517. The van der Waals surface area contributed by atoms with Crippen LogP contribution in [0.3, 0.4) is 0 Å². The Morgan fingerprint density at radius 3 is 2.80 bits per heavy atom. The lowest BCUT2D eigenvalue weighted by Gasteiger charge is -2.30. The Bertz CT molecular complexity index is 845. The number of hydrogen-bond donors (Lipinski definition) is 1. The Hall–Kier alpha value is -2.27. The number of carbonyl (C=O) groups is 2. The van der Waals surface area contributed by atoms with E-state index in [0.29, 0.717) is 23.9 Å². The number of anilines is 1. The van der Waals surface area contributed by atoms with Gasteiger partial charge in [0.05, 0.1) is 18.0 Å². The summed E-state index contributed by atoms with van der Waals surface area (Å²) < 4.78 is 0. The molecule has 1 aliphatic heterocycles. The maximum Gasteiger partial charge on any atom is 0.251 e. The lowest BCUT2D eigenvalue weighted by atomic mass is 10.1. The molecule has 2 aliphatic rings. The molecule has 0 aromatic heterocycles. The van der Waals surface area contributed by atoms with Crippen LogP contribution < -0.4 is 10.2 Å². The molecule has 2 aromatic carbocycles. The van der Waals surface area contributed by atoms with Crippen molar-refractivity contribution in [1.82, 2.24) is 5.32 Å². The predicted molar refractivity (Wildman–Crippen MR) is 100 cm³/mol. The Labute approximate surface area is 151 Å². The van der Waals surface area contributed by atoms with Crippen LogP contribution in [-0.4, -0.2) is 23.6 Å². The molecular formula is C20H20N2O2S. The second-order valence-electron chi connectivity index (χ2n) is 6.63. The van der Waals surface area contributed by atoms with Crippen molar-refractivity contribution in [3.05, 3.63) is 59.2 Å². The van der Waals surface area contributed by atoms with E-state index in [2.05, 4.69) is 18.3 Å². The van der Waals surface area contributed by atoms with Crippen LogP contribution in [0.2, 0.25) is 0 Å². The van der Waals surface area contributed by atoms with Crippen molar-refractivity contribution in [2.75, 3.05) is 10.7 Å². The van der Waals surface area contributed by atoms with E-state index in [4.69, 9.17) is 0 Å². The highest BCUT2D eigenvalue weighted by Crippen LogP contribution is 2.37. The van der Waals surface area contributed by atoms with E-state index in [9.17, 15) is 9.59 Å². The molecule has 1 N–H and O–H groups in total. The van der Waals surface area contributed by atoms with Gasteiger partial charge in [-0.3, -0.25) is 9.59 Å². The number of nitrogens with one attached hydrogen (secondary N) is 1. The van der Waals surface area contributed by atoms with Crippen LogP contribution in [0, 0.1) is 6.92 Å². The van der Waals surface area contributed by atoms with E-state index < -0.39 is 0 Å². The molecule has 1 fully saturated rings. The molecule has 2 amide bonds. The zero-order valence-corrected chi connectivity index (χ0v) is 14.9. The molecule has 1 saturated carbocycles.